The maximum Gasteiger partial charge on any atom is -0.0386 e. The van der Waals surface area contributed by atoms with E-state index >= 15 is 0 Å². The third kappa shape index (κ3) is 3.23. The summed E-state index contributed by atoms with van der Waals surface area (Å²) in [5.41, 5.74) is 0. The third-order valence-electron chi connectivity index (χ3n) is 4.91. The lowest BCUT2D eigenvalue weighted by Crippen LogP contribution is -2.20. The predicted molar refractivity (Wildman–Crippen MR) is 66.9 cm³/mol. The van der Waals surface area contributed by atoms with Crippen molar-refractivity contribution < 1.29 is 0 Å². The summed E-state index contributed by atoms with van der Waals surface area (Å²) in [6, 6.07) is 0. The molecule has 2 bridgehead atoms. The van der Waals surface area contributed by atoms with Crippen LogP contribution in [0.5, 0.6) is 0 Å². The van der Waals surface area contributed by atoms with Gasteiger partial charge in [0.15, 0.2) is 0 Å². The average Bonchev–Trinajstić information content (AvgIpc) is 2.31. The van der Waals surface area contributed by atoms with E-state index in [9.17, 15) is 0 Å². The van der Waals surface area contributed by atoms with E-state index in [4.69, 9.17) is 0 Å². The molecule has 0 saturated heterocycles. The van der Waals surface area contributed by atoms with E-state index in [-0.39, 0.29) is 0 Å². The van der Waals surface area contributed by atoms with Crippen LogP contribution in [0.3, 0.4) is 0 Å². The van der Waals surface area contributed by atoms with Crippen LogP contribution in [0.15, 0.2) is 0 Å². The molecule has 3 aliphatic carbocycles. The predicted octanol–water partition coefficient (Wildman–Crippen LogP) is 5.03. The van der Waals surface area contributed by atoms with Gasteiger partial charge >= 0.3 is 0 Å². The Hall–Kier alpha value is 0. The lowest BCUT2D eigenvalue weighted by Gasteiger charge is -2.31. The quantitative estimate of drug-likeness (QED) is 0.567. The lowest BCUT2D eigenvalue weighted by atomic mass is 9.75. The van der Waals surface area contributed by atoms with Crippen molar-refractivity contribution >= 4 is 0 Å². The maximum atomic E-state index is 2.44. The fraction of sp³-hybridized carbons (Fsp3) is 1.00. The van der Waals surface area contributed by atoms with E-state index in [1.165, 1.54) is 32.1 Å². The van der Waals surface area contributed by atoms with Crippen molar-refractivity contribution in [2.24, 2.45) is 23.7 Å². The van der Waals surface area contributed by atoms with Crippen LogP contribution >= 0.6 is 0 Å². The van der Waals surface area contributed by atoms with Crippen molar-refractivity contribution in [3.05, 3.63) is 0 Å². The van der Waals surface area contributed by atoms with Gasteiger partial charge in [0.2, 0.25) is 0 Å². The first-order valence-corrected chi connectivity index (χ1v) is 7.25. The van der Waals surface area contributed by atoms with Crippen LogP contribution in [-0.4, -0.2) is 0 Å². The summed E-state index contributed by atoms with van der Waals surface area (Å²) in [6.07, 6.45) is 13.8. The summed E-state index contributed by atoms with van der Waals surface area (Å²) in [7, 11) is 0. The molecular weight excluding hydrogens is 180 g/mol. The van der Waals surface area contributed by atoms with Crippen LogP contribution in [-0.2, 0) is 0 Å². The molecule has 0 aromatic carbocycles. The van der Waals surface area contributed by atoms with E-state index in [2.05, 4.69) is 13.8 Å². The van der Waals surface area contributed by atoms with Crippen LogP contribution < -0.4 is 0 Å². The molecule has 0 nitrogen and oxygen atoms in total. The van der Waals surface area contributed by atoms with Crippen LogP contribution in [0.4, 0.5) is 0 Å². The van der Waals surface area contributed by atoms with Gasteiger partial charge in [0.25, 0.3) is 0 Å². The third-order valence-corrected chi connectivity index (χ3v) is 4.91. The molecule has 0 aliphatic heterocycles. The van der Waals surface area contributed by atoms with Gasteiger partial charge in [0, 0.05) is 0 Å². The standard InChI is InChI=1S/C15H28/c1-12(2)15-10-13-6-3-4-7-14(11-15)9-5-8-13/h12-15H,3-11H2,1-2H3. The van der Waals surface area contributed by atoms with Crippen LogP contribution in [0, 0.1) is 23.7 Å². The molecule has 3 fully saturated rings. The molecule has 15 heavy (non-hydrogen) atoms. The number of rotatable bonds is 1. The molecule has 3 rings (SSSR count). The molecule has 0 spiro atoms. The van der Waals surface area contributed by atoms with Gasteiger partial charge in [0.05, 0.1) is 0 Å². The van der Waals surface area contributed by atoms with Gasteiger partial charge in [-0.3, -0.25) is 0 Å². The molecule has 3 saturated carbocycles. The van der Waals surface area contributed by atoms with Gasteiger partial charge in [-0.2, -0.15) is 0 Å². The van der Waals surface area contributed by atoms with Gasteiger partial charge < -0.3 is 0 Å². The topological polar surface area (TPSA) is 0 Å². The van der Waals surface area contributed by atoms with E-state index in [0.29, 0.717) is 0 Å². The first-order valence-electron chi connectivity index (χ1n) is 7.25. The zero-order chi connectivity index (χ0) is 10.7. The Morgan fingerprint density at radius 3 is 1.67 bits per heavy atom. The lowest BCUT2D eigenvalue weighted by molar-refractivity contribution is 0.202. The van der Waals surface area contributed by atoms with E-state index in [1.54, 1.807) is 25.7 Å². The zero-order valence-electron chi connectivity index (χ0n) is 10.7. The minimum atomic E-state index is 0.922. The summed E-state index contributed by atoms with van der Waals surface area (Å²) < 4.78 is 0. The molecule has 0 heteroatoms. The number of hydrogen-bond donors (Lipinski definition) is 0. The summed E-state index contributed by atoms with van der Waals surface area (Å²) >= 11 is 0. The summed E-state index contributed by atoms with van der Waals surface area (Å²) in [5.74, 6) is 4.12. The van der Waals surface area contributed by atoms with E-state index in [1.807, 2.05) is 0 Å². The number of hydrogen-bond acceptors (Lipinski definition) is 0. The Morgan fingerprint density at radius 1 is 0.733 bits per heavy atom. The smallest absolute Gasteiger partial charge is 0.0386 e. The fourth-order valence-corrected chi connectivity index (χ4v) is 3.82. The molecular formula is C15H28. The summed E-state index contributed by atoms with van der Waals surface area (Å²) in [4.78, 5) is 0. The Balaban J connectivity index is 2.05. The molecule has 0 heterocycles. The van der Waals surface area contributed by atoms with Crippen molar-refractivity contribution in [2.45, 2.75) is 71.6 Å². The highest BCUT2D eigenvalue weighted by Crippen LogP contribution is 2.39. The molecule has 0 radical (unpaired) electrons. The molecule has 3 aliphatic rings. The Bertz CT molecular complexity index is 162. The van der Waals surface area contributed by atoms with Crippen molar-refractivity contribution in [1.82, 2.24) is 0 Å². The normalized spacial score (nSPS) is 38.2. The highest BCUT2D eigenvalue weighted by atomic mass is 14.3. The van der Waals surface area contributed by atoms with Crippen LogP contribution in [0.2, 0.25) is 0 Å². The van der Waals surface area contributed by atoms with Crippen LogP contribution in [0.1, 0.15) is 71.6 Å². The van der Waals surface area contributed by atoms with Crippen molar-refractivity contribution in [1.29, 1.82) is 0 Å². The SMILES string of the molecule is CC(C)C1CC2CCCCC(CCC2)C1. The van der Waals surface area contributed by atoms with Gasteiger partial charge in [-0.05, 0) is 36.5 Å². The maximum absolute atomic E-state index is 2.44. The van der Waals surface area contributed by atoms with Gasteiger partial charge in [-0.15, -0.1) is 0 Å². The van der Waals surface area contributed by atoms with Gasteiger partial charge in [-0.25, -0.2) is 0 Å². The molecule has 88 valence electrons. The van der Waals surface area contributed by atoms with Crippen molar-refractivity contribution in [2.75, 3.05) is 0 Å². The summed E-state index contributed by atoms with van der Waals surface area (Å²) in [6.45, 7) is 4.89. The average molecular weight is 208 g/mol. The van der Waals surface area contributed by atoms with Gasteiger partial charge in [-0.1, -0.05) is 58.8 Å². The van der Waals surface area contributed by atoms with Gasteiger partial charge in [0.1, 0.15) is 0 Å². The van der Waals surface area contributed by atoms with Crippen molar-refractivity contribution in [3.8, 4) is 0 Å². The minimum Gasteiger partial charge on any atom is -0.0625 e. The number of fused-ring (bicyclic) bond motifs is 7. The highest BCUT2D eigenvalue weighted by molar-refractivity contribution is 4.78. The second-order valence-corrected chi connectivity index (χ2v) is 6.42. The van der Waals surface area contributed by atoms with E-state index in [0.717, 1.165) is 23.7 Å². The first kappa shape index (κ1) is 11.5. The molecule has 0 aromatic rings. The molecule has 2 unspecified atom stereocenters. The largest absolute Gasteiger partial charge is 0.0625 e. The second-order valence-electron chi connectivity index (χ2n) is 6.42. The first-order chi connectivity index (χ1) is 7.25. The Labute approximate surface area is 95.8 Å². The Morgan fingerprint density at radius 2 is 1.20 bits per heavy atom. The van der Waals surface area contributed by atoms with Crippen molar-refractivity contribution in [3.63, 3.8) is 0 Å². The molecule has 2 atom stereocenters. The second kappa shape index (κ2) is 5.37. The van der Waals surface area contributed by atoms with E-state index < -0.39 is 0 Å². The molecule has 0 aromatic heterocycles. The fourth-order valence-electron chi connectivity index (χ4n) is 3.82. The van der Waals surface area contributed by atoms with Crippen LogP contribution in [0.25, 0.3) is 0 Å². The zero-order valence-corrected chi connectivity index (χ0v) is 10.7. The highest BCUT2D eigenvalue weighted by Gasteiger charge is 2.27. The monoisotopic (exact) mass is 208 g/mol. The molecule has 0 amide bonds. The Kier molecular flexibility index (Phi) is 4.11. The summed E-state index contributed by atoms with van der Waals surface area (Å²) in [5, 5.41) is 0. The minimum absolute atomic E-state index is 0.922. The molecule has 0 N–H and O–H groups in total.